The van der Waals surface area contributed by atoms with E-state index in [4.69, 9.17) is 9.47 Å². The lowest BCUT2D eigenvalue weighted by atomic mass is 10.1. The maximum atomic E-state index is 12.4. The summed E-state index contributed by atoms with van der Waals surface area (Å²) in [7, 11) is 3.26. The van der Waals surface area contributed by atoms with Gasteiger partial charge in [-0.1, -0.05) is 11.3 Å². The number of nitrogens with zero attached hydrogens (tertiary/aromatic N) is 3. The molecule has 0 radical (unpaired) electrons. The number of carbonyl (C=O) groups is 2. The first kappa shape index (κ1) is 20.2. The number of fused-ring (bicyclic) bond motifs is 1. The van der Waals surface area contributed by atoms with E-state index in [1.54, 1.807) is 24.1 Å². The number of rotatable bonds is 4. The van der Waals surface area contributed by atoms with Gasteiger partial charge in [-0.25, -0.2) is 14.6 Å². The molecule has 1 aliphatic rings. The van der Waals surface area contributed by atoms with Gasteiger partial charge >= 0.3 is 12.1 Å². The van der Waals surface area contributed by atoms with E-state index in [2.05, 4.69) is 9.88 Å². The van der Waals surface area contributed by atoms with Crippen LogP contribution < -0.4 is 9.64 Å². The van der Waals surface area contributed by atoms with Crippen LogP contribution in [-0.2, 0) is 4.74 Å². The normalized spacial score (nSPS) is 17.0. The molecule has 1 aromatic carbocycles. The SMILES string of the molecule is COc1nc2c(C(=O)O)ccc(N3CC[C@@H](N(C)C(=O)OC(C)(C)C)C3)c2s1. The van der Waals surface area contributed by atoms with Gasteiger partial charge in [0.2, 0.25) is 0 Å². The molecule has 0 aliphatic carbocycles. The summed E-state index contributed by atoms with van der Waals surface area (Å²) >= 11 is 1.32. The smallest absolute Gasteiger partial charge is 0.410 e. The molecule has 2 aromatic rings. The zero-order valence-electron chi connectivity index (χ0n) is 16.7. The molecular weight excluding hydrogens is 382 g/mol. The predicted molar refractivity (Wildman–Crippen MR) is 108 cm³/mol. The number of likely N-dealkylation sites (N-methyl/N-ethyl adjacent to an activating group) is 1. The molecule has 0 spiro atoms. The fourth-order valence-electron chi connectivity index (χ4n) is 3.24. The highest BCUT2D eigenvalue weighted by atomic mass is 32.1. The highest BCUT2D eigenvalue weighted by molar-refractivity contribution is 7.20. The van der Waals surface area contributed by atoms with Crippen molar-refractivity contribution in [1.29, 1.82) is 0 Å². The number of aromatic nitrogens is 1. The zero-order valence-corrected chi connectivity index (χ0v) is 17.5. The number of carboxylic acids is 1. The third kappa shape index (κ3) is 3.99. The number of carboxylic acid groups (broad SMARTS) is 1. The quantitative estimate of drug-likeness (QED) is 0.830. The molecule has 1 N–H and O–H groups in total. The molecule has 0 saturated carbocycles. The Morgan fingerprint density at radius 3 is 2.68 bits per heavy atom. The third-order valence-corrected chi connectivity index (χ3v) is 5.68. The molecule has 1 fully saturated rings. The van der Waals surface area contributed by atoms with Crippen molar-refractivity contribution in [3.63, 3.8) is 0 Å². The third-order valence-electron chi connectivity index (χ3n) is 4.64. The van der Waals surface area contributed by atoms with Crippen LogP contribution in [0.2, 0.25) is 0 Å². The van der Waals surface area contributed by atoms with Crippen molar-refractivity contribution in [1.82, 2.24) is 9.88 Å². The van der Waals surface area contributed by atoms with E-state index in [-0.39, 0.29) is 17.7 Å². The van der Waals surface area contributed by atoms with E-state index in [1.165, 1.54) is 18.4 Å². The molecule has 28 heavy (non-hydrogen) atoms. The van der Waals surface area contributed by atoms with E-state index in [1.807, 2.05) is 20.8 Å². The van der Waals surface area contributed by atoms with Crippen molar-refractivity contribution < 1.29 is 24.2 Å². The number of thiazole rings is 1. The molecule has 0 unspecified atom stereocenters. The van der Waals surface area contributed by atoms with Gasteiger partial charge in [0.15, 0.2) is 0 Å². The van der Waals surface area contributed by atoms with Crippen LogP contribution >= 0.6 is 11.3 Å². The summed E-state index contributed by atoms with van der Waals surface area (Å²) in [6.07, 6.45) is 0.457. The van der Waals surface area contributed by atoms with Gasteiger partial charge in [0.1, 0.15) is 11.1 Å². The summed E-state index contributed by atoms with van der Waals surface area (Å²) in [5.41, 5.74) is 0.943. The number of ether oxygens (including phenoxy) is 2. The predicted octanol–water partition coefficient (Wildman–Crippen LogP) is 3.45. The Morgan fingerprint density at radius 1 is 1.36 bits per heavy atom. The second-order valence-corrected chi connectivity index (χ2v) is 8.74. The standard InChI is InChI=1S/C19H25N3O5S/c1-19(2,3)27-18(25)21(4)11-8-9-22(10-11)13-7-6-12(16(23)24)14-15(13)28-17(20-14)26-5/h6-7,11H,8-10H2,1-5H3,(H,23,24)/t11-/m1/s1. The van der Waals surface area contributed by atoms with E-state index in [0.29, 0.717) is 17.3 Å². The van der Waals surface area contributed by atoms with E-state index >= 15 is 0 Å². The fourth-order valence-corrected chi connectivity index (χ4v) is 4.19. The fraction of sp³-hybridized carbons (Fsp3) is 0.526. The summed E-state index contributed by atoms with van der Waals surface area (Å²) in [6, 6.07) is 3.39. The van der Waals surface area contributed by atoms with Gasteiger partial charge in [-0.3, -0.25) is 0 Å². The van der Waals surface area contributed by atoms with Crippen LogP contribution in [0, 0.1) is 0 Å². The summed E-state index contributed by atoms with van der Waals surface area (Å²) in [4.78, 5) is 32.0. The molecule has 1 aromatic heterocycles. The monoisotopic (exact) mass is 407 g/mol. The minimum Gasteiger partial charge on any atom is -0.478 e. The van der Waals surface area contributed by atoms with Crippen LogP contribution in [0.4, 0.5) is 10.5 Å². The number of carbonyl (C=O) groups excluding carboxylic acids is 1. The van der Waals surface area contributed by atoms with Crippen molar-refractivity contribution in [2.45, 2.75) is 38.8 Å². The number of anilines is 1. The number of aromatic carboxylic acids is 1. The Hall–Kier alpha value is -2.55. The lowest BCUT2D eigenvalue weighted by Crippen LogP contribution is -2.42. The molecule has 1 amide bonds. The van der Waals surface area contributed by atoms with Gasteiger partial charge in [-0.15, -0.1) is 0 Å². The summed E-state index contributed by atoms with van der Waals surface area (Å²) in [6.45, 7) is 6.92. The highest BCUT2D eigenvalue weighted by Crippen LogP contribution is 2.38. The van der Waals surface area contributed by atoms with Crippen molar-refractivity contribution in [3.05, 3.63) is 17.7 Å². The average Bonchev–Trinajstić information content (AvgIpc) is 3.25. The van der Waals surface area contributed by atoms with Crippen LogP contribution in [0.5, 0.6) is 5.19 Å². The lowest BCUT2D eigenvalue weighted by molar-refractivity contribution is 0.0237. The number of hydrogen-bond acceptors (Lipinski definition) is 7. The van der Waals surface area contributed by atoms with E-state index < -0.39 is 11.6 Å². The maximum Gasteiger partial charge on any atom is 0.410 e. The number of amides is 1. The van der Waals surface area contributed by atoms with Gasteiger partial charge in [0, 0.05) is 20.1 Å². The Labute approximate surface area is 167 Å². The second-order valence-electron chi connectivity index (χ2n) is 7.78. The molecule has 8 nitrogen and oxygen atoms in total. The van der Waals surface area contributed by atoms with Gasteiger partial charge in [0.05, 0.1) is 29.1 Å². The summed E-state index contributed by atoms with van der Waals surface area (Å²) in [5.74, 6) is -1.02. The molecule has 0 bridgehead atoms. The first-order chi connectivity index (χ1) is 13.1. The molecule has 1 atom stereocenters. The Kier molecular flexibility index (Phi) is 5.38. The second kappa shape index (κ2) is 7.46. The van der Waals surface area contributed by atoms with Crippen molar-refractivity contribution in [3.8, 4) is 5.19 Å². The first-order valence-corrected chi connectivity index (χ1v) is 9.84. The van der Waals surface area contributed by atoms with Gasteiger partial charge < -0.3 is 24.4 Å². The topological polar surface area (TPSA) is 92.2 Å². The van der Waals surface area contributed by atoms with Crippen LogP contribution in [0.25, 0.3) is 10.2 Å². The van der Waals surface area contributed by atoms with Crippen LogP contribution in [-0.4, -0.2) is 65.9 Å². The maximum absolute atomic E-state index is 12.4. The Morgan fingerprint density at radius 2 is 2.07 bits per heavy atom. The minimum absolute atomic E-state index is 0.0128. The molecular formula is C19H25N3O5S. The summed E-state index contributed by atoms with van der Waals surface area (Å²) in [5, 5.41) is 9.86. The lowest BCUT2D eigenvalue weighted by Gasteiger charge is -2.29. The van der Waals surface area contributed by atoms with Gasteiger partial charge in [-0.05, 0) is 39.3 Å². The Balaban J connectivity index is 1.84. The molecule has 3 rings (SSSR count). The number of benzene rings is 1. The highest BCUT2D eigenvalue weighted by Gasteiger charge is 2.32. The summed E-state index contributed by atoms with van der Waals surface area (Å²) < 4.78 is 11.5. The molecule has 2 heterocycles. The zero-order chi connectivity index (χ0) is 20.6. The van der Waals surface area contributed by atoms with Crippen LogP contribution in [0.1, 0.15) is 37.6 Å². The number of methoxy groups -OCH3 is 1. The molecule has 1 saturated heterocycles. The van der Waals surface area contributed by atoms with E-state index in [0.717, 1.165) is 23.4 Å². The van der Waals surface area contributed by atoms with E-state index in [9.17, 15) is 14.7 Å². The van der Waals surface area contributed by atoms with Gasteiger partial charge in [0.25, 0.3) is 5.19 Å². The first-order valence-electron chi connectivity index (χ1n) is 9.02. The average molecular weight is 407 g/mol. The van der Waals surface area contributed by atoms with Crippen molar-refractivity contribution in [2.24, 2.45) is 0 Å². The van der Waals surface area contributed by atoms with Gasteiger partial charge in [-0.2, -0.15) is 0 Å². The number of hydrogen-bond donors (Lipinski definition) is 1. The minimum atomic E-state index is -1.02. The van der Waals surface area contributed by atoms with Crippen molar-refractivity contribution >= 4 is 39.3 Å². The largest absolute Gasteiger partial charge is 0.478 e. The molecule has 9 heteroatoms. The van der Waals surface area contributed by atoms with Crippen molar-refractivity contribution in [2.75, 3.05) is 32.1 Å². The van der Waals surface area contributed by atoms with Crippen LogP contribution in [0.3, 0.4) is 0 Å². The van der Waals surface area contributed by atoms with Crippen LogP contribution in [0.15, 0.2) is 12.1 Å². The molecule has 152 valence electrons. The Bertz CT molecular complexity index is 905. The molecule has 1 aliphatic heterocycles.